The van der Waals surface area contributed by atoms with Crippen LogP contribution in [-0.2, 0) is 16.1 Å². The number of carbonyl (C=O) groups is 2. The molecule has 1 saturated carbocycles. The normalized spacial score (nSPS) is 22.2. The molecule has 1 aliphatic carbocycles. The van der Waals surface area contributed by atoms with Gasteiger partial charge in [0.1, 0.15) is 0 Å². The molecule has 1 aromatic carbocycles. The first-order valence-corrected chi connectivity index (χ1v) is 7.18. The summed E-state index contributed by atoms with van der Waals surface area (Å²) in [5.41, 5.74) is 0.895. The van der Waals surface area contributed by atoms with Crippen LogP contribution in [-0.4, -0.2) is 11.9 Å². The predicted molar refractivity (Wildman–Crippen MR) is 73.8 cm³/mol. The summed E-state index contributed by atoms with van der Waals surface area (Å²) in [5, 5.41) is 14.5. The minimum absolute atomic E-state index is 0.209. The van der Waals surface area contributed by atoms with E-state index in [2.05, 4.69) is 5.32 Å². The fourth-order valence-electron chi connectivity index (χ4n) is 2.69. The molecular formula is C15H17ClNO3-. The van der Waals surface area contributed by atoms with Crippen LogP contribution in [0.25, 0.3) is 0 Å². The number of nitrogens with one attached hydrogen (secondary N) is 1. The van der Waals surface area contributed by atoms with E-state index >= 15 is 0 Å². The number of benzene rings is 1. The van der Waals surface area contributed by atoms with Gasteiger partial charge in [-0.2, -0.15) is 0 Å². The van der Waals surface area contributed by atoms with Crippen LogP contribution in [0.1, 0.15) is 31.2 Å². The number of halogens is 1. The first-order valence-electron chi connectivity index (χ1n) is 6.81. The van der Waals surface area contributed by atoms with E-state index in [0.717, 1.165) is 18.4 Å². The average Bonchev–Trinajstić information content (AvgIpc) is 2.45. The zero-order valence-corrected chi connectivity index (χ0v) is 11.9. The largest absolute Gasteiger partial charge is 0.550 e. The molecule has 2 atom stereocenters. The van der Waals surface area contributed by atoms with Gasteiger partial charge in [-0.1, -0.05) is 36.6 Å². The third kappa shape index (κ3) is 3.73. The topological polar surface area (TPSA) is 69.2 Å². The Morgan fingerprint density at radius 3 is 2.60 bits per heavy atom. The van der Waals surface area contributed by atoms with Gasteiger partial charge in [0, 0.05) is 29.4 Å². The summed E-state index contributed by atoms with van der Waals surface area (Å²) in [7, 11) is 0. The number of carboxylic acids is 1. The van der Waals surface area contributed by atoms with Crippen molar-refractivity contribution in [2.45, 2.75) is 32.2 Å². The maximum Gasteiger partial charge on any atom is 0.224 e. The van der Waals surface area contributed by atoms with Crippen molar-refractivity contribution in [3.05, 3.63) is 34.9 Å². The number of hydrogen-bond donors (Lipinski definition) is 1. The van der Waals surface area contributed by atoms with Crippen LogP contribution in [0.5, 0.6) is 0 Å². The molecule has 20 heavy (non-hydrogen) atoms. The SMILES string of the molecule is O=C([O-])[C@H]1CCCC[C@@H]1C(=O)NCc1cccc(Cl)c1. The van der Waals surface area contributed by atoms with Gasteiger partial charge in [0.25, 0.3) is 0 Å². The Balaban J connectivity index is 1.95. The Labute approximate surface area is 123 Å². The Morgan fingerprint density at radius 2 is 1.95 bits per heavy atom. The van der Waals surface area contributed by atoms with Crippen molar-refractivity contribution in [3.63, 3.8) is 0 Å². The Morgan fingerprint density at radius 1 is 1.25 bits per heavy atom. The summed E-state index contributed by atoms with van der Waals surface area (Å²) < 4.78 is 0. The first-order chi connectivity index (χ1) is 9.58. The minimum atomic E-state index is -1.12. The zero-order valence-electron chi connectivity index (χ0n) is 11.1. The lowest BCUT2D eigenvalue weighted by molar-refractivity contribution is -0.314. The quantitative estimate of drug-likeness (QED) is 0.915. The molecular weight excluding hydrogens is 278 g/mol. The third-order valence-corrected chi connectivity index (χ3v) is 4.00. The van der Waals surface area contributed by atoms with Gasteiger partial charge >= 0.3 is 0 Å². The molecule has 0 heterocycles. The van der Waals surface area contributed by atoms with Gasteiger partial charge in [-0.15, -0.1) is 0 Å². The fourth-order valence-corrected chi connectivity index (χ4v) is 2.91. The molecule has 5 heteroatoms. The van der Waals surface area contributed by atoms with E-state index < -0.39 is 17.8 Å². The van der Waals surface area contributed by atoms with Crippen molar-refractivity contribution in [1.82, 2.24) is 5.32 Å². The average molecular weight is 295 g/mol. The molecule has 0 aromatic heterocycles. The minimum Gasteiger partial charge on any atom is -0.550 e. The van der Waals surface area contributed by atoms with Gasteiger partial charge in [0.05, 0.1) is 0 Å². The predicted octanol–water partition coefficient (Wildman–Crippen LogP) is 1.51. The molecule has 0 radical (unpaired) electrons. The lowest BCUT2D eigenvalue weighted by atomic mass is 9.78. The van der Waals surface area contributed by atoms with E-state index in [-0.39, 0.29) is 5.91 Å². The molecule has 0 spiro atoms. The van der Waals surface area contributed by atoms with Gasteiger partial charge in [0.2, 0.25) is 5.91 Å². The van der Waals surface area contributed by atoms with E-state index in [0.29, 0.717) is 24.4 Å². The number of carbonyl (C=O) groups excluding carboxylic acids is 2. The maximum atomic E-state index is 12.1. The standard InChI is InChI=1S/C15H18ClNO3/c16-11-5-3-4-10(8-11)9-17-14(18)12-6-1-2-7-13(12)15(19)20/h3-5,8,12-13H,1-2,6-7,9H2,(H,17,18)(H,19,20)/p-1/t12-,13-/m0/s1. The van der Waals surface area contributed by atoms with Gasteiger partial charge in [-0.05, 0) is 30.5 Å². The Hall–Kier alpha value is -1.55. The third-order valence-electron chi connectivity index (χ3n) is 3.76. The van der Waals surface area contributed by atoms with Crippen molar-refractivity contribution in [3.8, 4) is 0 Å². The van der Waals surface area contributed by atoms with Crippen LogP contribution in [0.4, 0.5) is 0 Å². The van der Waals surface area contributed by atoms with Crippen LogP contribution in [0, 0.1) is 11.8 Å². The van der Waals surface area contributed by atoms with Crippen molar-refractivity contribution < 1.29 is 14.7 Å². The number of hydrogen-bond acceptors (Lipinski definition) is 3. The van der Waals surface area contributed by atoms with E-state index in [9.17, 15) is 14.7 Å². The number of amides is 1. The molecule has 108 valence electrons. The molecule has 1 N–H and O–H groups in total. The van der Waals surface area contributed by atoms with Crippen molar-refractivity contribution >= 4 is 23.5 Å². The Kier molecular flexibility index (Phi) is 5.01. The second kappa shape index (κ2) is 6.75. The smallest absolute Gasteiger partial charge is 0.224 e. The fraction of sp³-hybridized carbons (Fsp3) is 0.467. The summed E-state index contributed by atoms with van der Waals surface area (Å²) in [5.74, 6) is -2.47. The lowest BCUT2D eigenvalue weighted by Crippen LogP contribution is -2.44. The summed E-state index contributed by atoms with van der Waals surface area (Å²) in [6, 6.07) is 7.22. The summed E-state index contributed by atoms with van der Waals surface area (Å²) in [6.07, 6.45) is 2.87. The number of carboxylic acid groups (broad SMARTS) is 1. The van der Waals surface area contributed by atoms with Gasteiger partial charge in [-0.25, -0.2) is 0 Å². The molecule has 4 nitrogen and oxygen atoms in total. The molecule has 0 unspecified atom stereocenters. The zero-order chi connectivity index (χ0) is 14.5. The monoisotopic (exact) mass is 294 g/mol. The number of rotatable bonds is 4. The summed E-state index contributed by atoms with van der Waals surface area (Å²) in [6.45, 7) is 0.357. The molecule has 0 bridgehead atoms. The van der Waals surface area contributed by atoms with Crippen LogP contribution in [0.15, 0.2) is 24.3 Å². The van der Waals surface area contributed by atoms with Crippen LogP contribution < -0.4 is 10.4 Å². The molecule has 2 rings (SSSR count). The van der Waals surface area contributed by atoms with Gasteiger partial charge < -0.3 is 15.2 Å². The highest BCUT2D eigenvalue weighted by Gasteiger charge is 2.31. The molecule has 1 fully saturated rings. The van der Waals surface area contributed by atoms with Crippen LogP contribution in [0.2, 0.25) is 5.02 Å². The molecule has 1 amide bonds. The molecule has 1 aromatic rings. The maximum absolute atomic E-state index is 12.1. The van der Waals surface area contributed by atoms with Crippen LogP contribution >= 0.6 is 11.6 Å². The molecule has 0 saturated heterocycles. The highest BCUT2D eigenvalue weighted by atomic mass is 35.5. The Bertz CT molecular complexity index is 504. The van der Waals surface area contributed by atoms with E-state index in [1.165, 1.54) is 0 Å². The van der Waals surface area contributed by atoms with Gasteiger partial charge in [-0.3, -0.25) is 4.79 Å². The van der Waals surface area contributed by atoms with Gasteiger partial charge in [0.15, 0.2) is 0 Å². The molecule has 0 aliphatic heterocycles. The van der Waals surface area contributed by atoms with E-state index in [1.54, 1.807) is 12.1 Å². The van der Waals surface area contributed by atoms with E-state index in [4.69, 9.17) is 11.6 Å². The lowest BCUT2D eigenvalue weighted by Gasteiger charge is -2.31. The van der Waals surface area contributed by atoms with Crippen LogP contribution in [0.3, 0.4) is 0 Å². The first kappa shape index (κ1) is 14.9. The summed E-state index contributed by atoms with van der Waals surface area (Å²) in [4.78, 5) is 23.2. The second-order valence-electron chi connectivity index (χ2n) is 5.16. The van der Waals surface area contributed by atoms with Crippen molar-refractivity contribution in [2.24, 2.45) is 11.8 Å². The summed E-state index contributed by atoms with van der Waals surface area (Å²) >= 11 is 5.87. The molecule has 1 aliphatic rings. The van der Waals surface area contributed by atoms with E-state index in [1.807, 2.05) is 12.1 Å². The number of aliphatic carboxylic acids is 1. The van der Waals surface area contributed by atoms with Crippen molar-refractivity contribution in [2.75, 3.05) is 0 Å². The van der Waals surface area contributed by atoms with Crippen molar-refractivity contribution in [1.29, 1.82) is 0 Å². The highest BCUT2D eigenvalue weighted by Crippen LogP contribution is 2.29. The highest BCUT2D eigenvalue weighted by molar-refractivity contribution is 6.30. The second-order valence-corrected chi connectivity index (χ2v) is 5.60.